The Morgan fingerprint density at radius 1 is 0.760 bits per heavy atom. The summed E-state index contributed by atoms with van der Waals surface area (Å²) in [6.07, 6.45) is 0. The van der Waals surface area contributed by atoms with Gasteiger partial charge in [-0.15, -0.1) is 0 Å². The van der Waals surface area contributed by atoms with Gasteiger partial charge in [0.15, 0.2) is 23.1 Å². The van der Waals surface area contributed by atoms with Crippen LogP contribution in [0.5, 0.6) is 23.0 Å². The first-order valence-electron chi connectivity index (χ1n) is 7.33. The van der Waals surface area contributed by atoms with Crippen molar-refractivity contribution in [3.63, 3.8) is 0 Å². The second kappa shape index (κ2) is 8.00. The first-order chi connectivity index (χ1) is 11.9. The summed E-state index contributed by atoms with van der Waals surface area (Å²) < 4.78 is 37.3. The molecule has 6 nitrogen and oxygen atoms in total. The summed E-state index contributed by atoms with van der Waals surface area (Å²) in [5, 5.41) is 37.4. The zero-order valence-electron chi connectivity index (χ0n) is 13.2. The van der Waals surface area contributed by atoms with Gasteiger partial charge in [0.05, 0.1) is 18.6 Å². The minimum absolute atomic E-state index is 0.0947. The van der Waals surface area contributed by atoms with Crippen LogP contribution in [-0.4, -0.2) is 46.9 Å². The molecule has 0 aliphatic carbocycles. The molecule has 2 aromatic rings. The molecule has 2 rings (SSSR count). The van der Waals surface area contributed by atoms with E-state index < -0.39 is 41.8 Å². The molecule has 0 atom stereocenters. The van der Waals surface area contributed by atoms with Gasteiger partial charge in [-0.2, -0.15) is 0 Å². The van der Waals surface area contributed by atoms with Crippen molar-refractivity contribution in [3.05, 3.63) is 48.0 Å². The SMILES string of the molecule is OCC(CO)(COc1ccc(O)c(F)c1)COc1ccc(O)c(F)c1. The van der Waals surface area contributed by atoms with Gasteiger partial charge in [0.2, 0.25) is 0 Å². The van der Waals surface area contributed by atoms with Gasteiger partial charge in [0, 0.05) is 12.1 Å². The topological polar surface area (TPSA) is 99.4 Å². The zero-order chi connectivity index (χ0) is 18.4. The normalized spacial score (nSPS) is 11.4. The molecular weight excluding hydrogens is 338 g/mol. The van der Waals surface area contributed by atoms with Crippen molar-refractivity contribution in [2.45, 2.75) is 0 Å². The highest BCUT2D eigenvalue weighted by atomic mass is 19.1. The molecule has 4 N–H and O–H groups in total. The predicted molar refractivity (Wildman–Crippen MR) is 83.7 cm³/mol. The summed E-state index contributed by atoms with van der Waals surface area (Å²) in [5.74, 6) is -2.60. The van der Waals surface area contributed by atoms with Gasteiger partial charge in [-0.05, 0) is 24.3 Å². The van der Waals surface area contributed by atoms with E-state index in [9.17, 15) is 19.0 Å². The van der Waals surface area contributed by atoms with Crippen LogP contribution in [0.1, 0.15) is 0 Å². The van der Waals surface area contributed by atoms with Crippen molar-refractivity contribution in [2.75, 3.05) is 26.4 Å². The fourth-order valence-corrected chi connectivity index (χ4v) is 1.90. The Morgan fingerprint density at radius 2 is 1.16 bits per heavy atom. The maximum atomic E-state index is 13.3. The van der Waals surface area contributed by atoms with E-state index in [0.717, 1.165) is 24.3 Å². The van der Waals surface area contributed by atoms with E-state index in [-0.39, 0.29) is 24.7 Å². The number of aliphatic hydroxyl groups is 2. The third-order valence-corrected chi connectivity index (χ3v) is 3.60. The highest BCUT2D eigenvalue weighted by molar-refractivity contribution is 5.33. The molecule has 0 spiro atoms. The van der Waals surface area contributed by atoms with Crippen molar-refractivity contribution in [1.82, 2.24) is 0 Å². The summed E-state index contributed by atoms with van der Waals surface area (Å²) in [6, 6.07) is 6.80. The number of benzene rings is 2. The molecule has 0 fully saturated rings. The van der Waals surface area contributed by atoms with Gasteiger partial charge in [0.1, 0.15) is 24.7 Å². The molecule has 8 heteroatoms. The van der Waals surface area contributed by atoms with Crippen molar-refractivity contribution >= 4 is 0 Å². The summed E-state index contributed by atoms with van der Waals surface area (Å²) in [5.41, 5.74) is -1.23. The maximum Gasteiger partial charge on any atom is 0.168 e. The van der Waals surface area contributed by atoms with E-state index in [2.05, 4.69) is 0 Å². The lowest BCUT2D eigenvalue weighted by atomic mass is 9.92. The smallest absolute Gasteiger partial charge is 0.168 e. The lowest BCUT2D eigenvalue weighted by Gasteiger charge is -2.29. The molecule has 0 bridgehead atoms. The number of phenols is 2. The van der Waals surface area contributed by atoms with E-state index in [0.29, 0.717) is 0 Å². The number of hydrogen-bond donors (Lipinski definition) is 4. The third-order valence-electron chi connectivity index (χ3n) is 3.60. The Morgan fingerprint density at radius 3 is 1.48 bits per heavy atom. The van der Waals surface area contributed by atoms with Crippen LogP contribution in [0.3, 0.4) is 0 Å². The highest BCUT2D eigenvalue weighted by Gasteiger charge is 2.31. The molecule has 0 aromatic heterocycles. The average molecular weight is 356 g/mol. The summed E-state index contributed by atoms with van der Waals surface area (Å²) >= 11 is 0. The number of halogens is 2. The molecule has 0 unspecified atom stereocenters. The molecule has 0 heterocycles. The monoisotopic (exact) mass is 356 g/mol. The number of aromatic hydroxyl groups is 2. The molecule has 0 aliphatic heterocycles. The average Bonchev–Trinajstić information content (AvgIpc) is 2.61. The minimum Gasteiger partial charge on any atom is -0.505 e. The fraction of sp³-hybridized carbons (Fsp3) is 0.294. The Labute approximate surface area is 142 Å². The molecule has 0 saturated carbocycles. The van der Waals surface area contributed by atoms with E-state index in [4.69, 9.17) is 19.7 Å². The molecular formula is C17H18F2O6. The van der Waals surface area contributed by atoms with Crippen molar-refractivity contribution in [1.29, 1.82) is 0 Å². The number of hydrogen-bond acceptors (Lipinski definition) is 6. The van der Waals surface area contributed by atoms with Crippen LogP contribution in [0, 0.1) is 17.0 Å². The second-order valence-electron chi connectivity index (χ2n) is 5.62. The fourth-order valence-electron chi connectivity index (χ4n) is 1.90. The number of aliphatic hydroxyl groups excluding tert-OH is 2. The standard InChI is InChI=1S/C17H18F2O6/c18-13-5-11(1-3-15(13)22)24-9-17(7-20,8-21)10-25-12-2-4-16(23)14(19)6-12/h1-6,20-23H,7-10H2. The predicted octanol–water partition coefficient (Wildman–Crippen LogP) is 1.80. The van der Waals surface area contributed by atoms with E-state index in [1.807, 2.05) is 0 Å². The quantitative estimate of drug-likeness (QED) is 0.576. The van der Waals surface area contributed by atoms with Crippen LogP contribution in [0.25, 0.3) is 0 Å². The van der Waals surface area contributed by atoms with Crippen LogP contribution in [0.2, 0.25) is 0 Å². The van der Waals surface area contributed by atoms with E-state index in [1.54, 1.807) is 0 Å². The van der Waals surface area contributed by atoms with Gasteiger partial charge in [-0.3, -0.25) is 0 Å². The lowest BCUT2D eigenvalue weighted by molar-refractivity contribution is -0.0188. The maximum absolute atomic E-state index is 13.3. The van der Waals surface area contributed by atoms with E-state index in [1.165, 1.54) is 12.1 Å². The van der Waals surface area contributed by atoms with Gasteiger partial charge in [-0.25, -0.2) is 8.78 Å². The van der Waals surface area contributed by atoms with Gasteiger partial charge < -0.3 is 29.9 Å². The van der Waals surface area contributed by atoms with Crippen molar-refractivity contribution in [2.24, 2.45) is 5.41 Å². The van der Waals surface area contributed by atoms with E-state index >= 15 is 0 Å². The summed E-state index contributed by atoms with van der Waals surface area (Å²) in [7, 11) is 0. The van der Waals surface area contributed by atoms with Crippen LogP contribution >= 0.6 is 0 Å². The van der Waals surface area contributed by atoms with Gasteiger partial charge in [-0.1, -0.05) is 0 Å². The zero-order valence-corrected chi connectivity index (χ0v) is 13.2. The number of rotatable bonds is 8. The van der Waals surface area contributed by atoms with Crippen LogP contribution < -0.4 is 9.47 Å². The third kappa shape index (κ3) is 4.71. The lowest BCUT2D eigenvalue weighted by Crippen LogP contribution is -2.41. The van der Waals surface area contributed by atoms with Crippen LogP contribution in [-0.2, 0) is 0 Å². The molecule has 2 aromatic carbocycles. The minimum atomic E-state index is -1.23. The molecule has 25 heavy (non-hydrogen) atoms. The largest absolute Gasteiger partial charge is 0.505 e. The van der Waals surface area contributed by atoms with Crippen molar-refractivity contribution in [3.8, 4) is 23.0 Å². The number of phenolic OH excluding ortho intramolecular Hbond substituents is 2. The second-order valence-corrected chi connectivity index (χ2v) is 5.62. The molecule has 136 valence electrons. The highest BCUT2D eigenvalue weighted by Crippen LogP contribution is 2.26. The van der Waals surface area contributed by atoms with Gasteiger partial charge in [0.25, 0.3) is 0 Å². The van der Waals surface area contributed by atoms with Gasteiger partial charge >= 0.3 is 0 Å². The molecule has 0 amide bonds. The summed E-state index contributed by atoms with van der Waals surface area (Å²) in [6.45, 7) is -1.45. The Bertz CT molecular complexity index is 661. The summed E-state index contributed by atoms with van der Waals surface area (Å²) in [4.78, 5) is 0. The van der Waals surface area contributed by atoms with Crippen LogP contribution in [0.15, 0.2) is 36.4 Å². The van der Waals surface area contributed by atoms with Crippen molar-refractivity contribution < 1.29 is 38.7 Å². The molecule has 0 aliphatic rings. The Hall–Kier alpha value is -2.58. The van der Waals surface area contributed by atoms with Crippen LogP contribution in [0.4, 0.5) is 8.78 Å². The molecule has 0 radical (unpaired) electrons. The first kappa shape index (κ1) is 18.8. The Kier molecular flexibility index (Phi) is 6.00. The number of ether oxygens (including phenoxy) is 2. The Balaban J connectivity index is 2.03. The molecule has 0 saturated heterocycles. The first-order valence-corrected chi connectivity index (χ1v) is 7.33.